The molecular weight excluding hydrogens is 278 g/mol. The molecule has 2 saturated carbocycles. The molecule has 0 aromatic rings. The molecule has 0 heterocycles. The molecule has 22 heavy (non-hydrogen) atoms. The molecule has 2 bridgehead atoms. The van der Waals surface area contributed by atoms with Gasteiger partial charge in [-0.2, -0.15) is 0 Å². The lowest BCUT2D eigenvalue weighted by Crippen LogP contribution is -2.48. The van der Waals surface area contributed by atoms with Gasteiger partial charge in [-0.25, -0.2) is 4.79 Å². The maximum atomic E-state index is 11.8. The Hall–Kier alpha value is -1.16. The molecule has 0 aliphatic heterocycles. The Morgan fingerprint density at radius 2 is 2.18 bits per heavy atom. The monoisotopic (exact) mass is 305 g/mol. The van der Waals surface area contributed by atoms with E-state index < -0.39 is 11.9 Å². The molecule has 1 spiro atoms. The van der Waals surface area contributed by atoms with Crippen molar-refractivity contribution < 1.29 is 14.7 Å². The Morgan fingerprint density at radius 1 is 1.45 bits per heavy atom. The molecule has 0 aromatic carbocycles. The van der Waals surface area contributed by atoms with E-state index in [2.05, 4.69) is 19.2 Å². The van der Waals surface area contributed by atoms with Crippen molar-refractivity contribution in [1.29, 1.82) is 0 Å². The summed E-state index contributed by atoms with van der Waals surface area (Å²) in [7, 11) is 1.97. The summed E-state index contributed by atoms with van der Waals surface area (Å²) in [6.45, 7) is 5.57. The van der Waals surface area contributed by atoms with E-state index in [1.165, 1.54) is 6.42 Å². The van der Waals surface area contributed by atoms with E-state index in [1.54, 1.807) is 0 Å². The number of carboxylic acids is 1. The summed E-state index contributed by atoms with van der Waals surface area (Å²) in [5.74, 6) is -0.265. The molecule has 5 atom stereocenters. The van der Waals surface area contributed by atoms with Crippen LogP contribution in [0.25, 0.3) is 0 Å². The van der Waals surface area contributed by atoms with Gasteiger partial charge >= 0.3 is 5.97 Å². The SMILES string of the molecule is CNCC[C@@]1(C)[C@@H]2CC[C@@H](C)[C@]13C[C@H](C=O)C(C(=O)O)=C3C2. The Morgan fingerprint density at radius 3 is 2.77 bits per heavy atom. The third-order valence-corrected chi connectivity index (χ3v) is 7.23. The Bertz CT molecular complexity index is 540. The number of carboxylic acid groups (broad SMARTS) is 1. The van der Waals surface area contributed by atoms with Crippen LogP contribution in [0, 0.1) is 28.6 Å². The molecule has 0 radical (unpaired) electrons. The molecule has 0 saturated heterocycles. The van der Waals surface area contributed by atoms with Crippen LogP contribution in [0.2, 0.25) is 0 Å². The normalized spacial score (nSPS) is 43.3. The fraction of sp³-hybridized carbons (Fsp3) is 0.778. The van der Waals surface area contributed by atoms with Crippen molar-refractivity contribution in [2.45, 2.75) is 46.0 Å². The molecule has 3 aliphatic rings. The maximum absolute atomic E-state index is 11.8. The average molecular weight is 305 g/mol. The maximum Gasteiger partial charge on any atom is 0.332 e. The number of carbonyl (C=O) groups excluding carboxylic acids is 1. The van der Waals surface area contributed by atoms with Crippen molar-refractivity contribution in [2.75, 3.05) is 13.6 Å². The van der Waals surface area contributed by atoms with E-state index in [9.17, 15) is 14.7 Å². The van der Waals surface area contributed by atoms with Gasteiger partial charge in [-0.3, -0.25) is 0 Å². The van der Waals surface area contributed by atoms with Gasteiger partial charge in [0.05, 0.1) is 0 Å². The quantitative estimate of drug-likeness (QED) is 0.766. The lowest BCUT2D eigenvalue weighted by Gasteiger charge is -2.53. The molecule has 2 fully saturated rings. The molecule has 0 aromatic heterocycles. The van der Waals surface area contributed by atoms with E-state index in [4.69, 9.17) is 0 Å². The predicted octanol–water partition coefficient (Wildman–Crippen LogP) is 2.64. The number of aliphatic carboxylic acids is 1. The molecule has 122 valence electrons. The number of nitrogens with one attached hydrogen (secondary N) is 1. The van der Waals surface area contributed by atoms with Crippen LogP contribution >= 0.6 is 0 Å². The number of allylic oxidation sites excluding steroid dienone is 1. The standard InChI is InChI=1S/C18H27NO3/c1-11-4-5-13-8-14-15(16(21)22)12(10-20)9-18(11,14)17(13,2)6-7-19-3/h10-13,19H,4-9H2,1-3H3,(H,21,22)/t11-,12-,13-,17+,18+/m1/s1. The topological polar surface area (TPSA) is 66.4 Å². The van der Waals surface area contributed by atoms with Crippen molar-refractivity contribution in [3.63, 3.8) is 0 Å². The first-order chi connectivity index (χ1) is 10.4. The van der Waals surface area contributed by atoms with E-state index in [1.807, 2.05) is 7.05 Å². The van der Waals surface area contributed by atoms with Crippen molar-refractivity contribution in [1.82, 2.24) is 5.32 Å². The first kappa shape index (κ1) is 15.7. The molecule has 3 rings (SSSR count). The third-order valence-electron chi connectivity index (χ3n) is 7.23. The first-order valence-electron chi connectivity index (χ1n) is 8.49. The summed E-state index contributed by atoms with van der Waals surface area (Å²) in [4.78, 5) is 23.3. The van der Waals surface area contributed by atoms with Crippen molar-refractivity contribution in [3.8, 4) is 0 Å². The third kappa shape index (κ3) is 1.73. The number of carbonyl (C=O) groups is 2. The van der Waals surface area contributed by atoms with E-state index in [0.717, 1.165) is 37.7 Å². The summed E-state index contributed by atoms with van der Waals surface area (Å²) < 4.78 is 0. The lowest BCUT2D eigenvalue weighted by molar-refractivity contribution is -0.134. The minimum absolute atomic E-state index is 0.0773. The van der Waals surface area contributed by atoms with Crippen LogP contribution in [0.5, 0.6) is 0 Å². The van der Waals surface area contributed by atoms with Crippen molar-refractivity contribution >= 4 is 12.3 Å². The second-order valence-corrected chi connectivity index (χ2v) is 7.77. The minimum Gasteiger partial charge on any atom is -0.478 e. The van der Waals surface area contributed by atoms with Crippen LogP contribution in [0.4, 0.5) is 0 Å². The van der Waals surface area contributed by atoms with Crippen LogP contribution in [-0.2, 0) is 9.59 Å². The molecule has 2 N–H and O–H groups in total. The molecule has 4 nitrogen and oxygen atoms in total. The van der Waals surface area contributed by atoms with Crippen LogP contribution in [0.1, 0.15) is 46.0 Å². The van der Waals surface area contributed by atoms with E-state index in [-0.39, 0.29) is 10.8 Å². The zero-order valence-corrected chi connectivity index (χ0v) is 13.8. The van der Waals surface area contributed by atoms with E-state index >= 15 is 0 Å². The van der Waals surface area contributed by atoms with Crippen LogP contribution < -0.4 is 5.32 Å². The zero-order valence-electron chi connectivity index (χ0n) is 13.8. The van der Waals surface area contributed by atoms with Gasteiger partial charge < -0.3 is 15.2 Å². The number of hydrogen-bond donors (Lipinski definition) is 2. The van der Waals surface area contributed by atoms with Crippen molar-refractivity contribution in [3.05, 3.63) is 11.1 Å². The summed E-state index contributed by atoms with van der Waals surface area (Å²) in [6.07, 6.45) is 5.87. The van der Waals surface area contributed by atoms with Gasteiger partial charge in [-0.1, -0.05) is 19.4 Å². The largest absolute Gasteiger partial charge is 0.478 e. The number of rotatable bonds is 5. The summed E-state index contributed by atoms with van der Waals surface area (Å²) >= 11 is 0. The number of aldehydes is 1. The van der Waals surface area contributed by atoms with Crippen LogP contribution in [0.15, 0.2) is 11.1 Å². The van der Waals surface area contributed by atoms with Crippen molar-refractivity contribution in [2.24, 2.45) is 28.6 Å². The molecule has 3 aliphatic carbocycles. The molecule has 0 unspecified atom stereocenters. The Balaban J connectivity index is 2.15. The van der Waals surface area contributed by atoms with Crippen LogP contribution in [0.3, 0.4) is 0 Å². The summed E-state index contributed by atoms with van der Waals surface area (Å²) in [6, 6.07) is 0. The van der Waals surface area contributed by atoms with Gasteiger partial charge in [0.15, 0.2) is 0 Å². The second-order valence-electron chi connectivity index (χ2n) is 7.77. The fourth-order valence-corrected chi connectivity index (χ4v) is 6.14. The molecule has 0 amide bonds. The van der Waals surface area contributed by atoms with Gasteiger partial charge in [-0.15, -0.1) is 0 Å². The number of hydrogen-bond acceptors (Lipinski definition) is 3. The van der Waals surface area contributed by atoms with Gasteiger partial charge in [0, 0.05) is 16.9 Å². The number of fused-ring (bicyclic) bond motifs is 1. The second kappa shape index (κ2) is 5.19. The van der Waals surface area contributed by atoms with Gasteiger partial charge in [0.25, 0.3) is 0 Å². The highest BCUT2D eigenvalue weighted by Crippen LogP contribution is 2.74. The lowest BCUT2D eigenvalue weighted by atomic mass is 9.50. The van der Waals surface area contributed by atoms with E-state index in [0.29, 0.717) is 23.8 Å². The predicted molar refractivity (Wildman–Crippen MR) is 84.4 cm³/mol. The van der Waals surface area contributed by atoms with Gasteiger partial charge in [0.1, 0.15) is 6.29 Å². The first-order valence-corrected chi connectivity index (χ1v) is 8.49. The molecular formula is C18H27NO3. The van der Waals surface area contributed by atoms with Gasteiger partial charge in [0.2, 0.25) is 0 Å². The highest BCUT2D eigenvalue weighted by atomic mass is 16.4. The van der Waals surface area contributed by atoms with Crippen LogP contribution in [-0.4, -0.2) is 31.0 Å². The fourth-order valence-electron chi connectivity index (χ4n) is 6.14. The minimum atomic E-state index is -0.875. The zero-order chi connectivity index (χ0) is 16.1. The highest BCUT2D eigenvalue weighted by molar-refractivity contribution is 5.94. The smallest absolute Gasteiger partial charge is 0.332 e. The average Bonchev–Trinajstić information content (AvgIpc) is 2.88. The molecule has 4 heteroatoms. The summed E-state index contributed by atoms with van der Waals surface area (Å²) in [5.41, 5.74) is 1.58. The highest BCUT2D eigenvalue weighted by Gasteiger charge is 2.67. The van der Waals surface area contributed by atoms with Gasteiger partial charge in [-0.05, 0) is 62.9 Å². The Labute approximate surface area is 132 Å². The Kier molecular flexibility index (Phi) is 3.71. The summed E-state index contributed by atoms with van der Waals surface area (Å²) in [5, 5.41) is 12.9.